The molecule has 0 unspecified atom stereocenters. The molecule has 0 atom stereocenters. The van der Waals surface area contributed by atoms with Crippen LogP contribution in [0.15, 0.2) is 41.3 Å². The summed E-state index contributed by atoms with van der Waals surface area (Å²) in [4.78, 5) is 12.4. The average molecular weight is 476 g/mol. The lowest BCUT2D eigenvalue weighted by atomic mass is 10.1. The fraction of sp³-hybridized carbons (Fsp3) is 0.263. The van der Waals surface area contributed by atoms with Crippen molar-refractivity contribution in [3.8, 4) is 11.8 Å². The lowest BCUT2D eigenvalue weighted by Gasteiger charge is -2.13. The molecule has 0 radical (unpaired) electrons. The molecule has 166 valence electrons. The van der Waals surface area contributed by atoms with E-state index in [0.29, 0.717) is 0 Å². The van der Waals surface area contributed by atoms with Crippen molar-refractivity contribution in [3.05, 3.63) is 52.5 Å². The summed E-state index contributed by atoms with van der Waals surface area (Å²) in [5, 5.41) is 11.6. The largest absolute Gasteiger partial charge is 0.483 e. The quantitative estimate of drug-likeness (QED) is 0.627. The van der Waals surface area contributed by atoms with Gasteiger partial charge in [-0.15, -0.1) is 0 Å². The molecule has 0 aromatic heterocycles. The van der Waals surface area contributed by atoms with Crippen LogP contribution < -0.4 is 14.8 Å². The maximum absolute atomic E-state index is 12.6. The molecule has 2 aromatic rings. The summed E-state index contributed by atoms with van der Waals surface area (Å²) in [6.07, 6.45) is -4.58. The molecule has 0 bridgehead atoms. The number of nitrogens with zero attached hydrogens (tertiary/aromatic N) is 1. The van der Waals surface area contributed by atoms with Crippen LogP contribution in [-0.2, 0) is 10.0 Å². The number of rotatable bonds is 7. The predicted octanol–water partition coefficient (Wildman–Crippen LogP) is 4.09. The topological polar surface area (TPSA) is 108 Å². The number of anilines is 1. The molecule has 1 amide bonds. The van der Waals surface area contributed by atoms with E-state index in [2.05, 4.69) is 14.8 Å². The van der Waals surface area contributed by atoms with Gasteiger partial charge in [-0.3, -0.25) is 4.79 Å². The standard InChI is InChI=1S/C19H17ClF3N3O4S/c1-11(2)26-31(28,29)14-4-5-16(20)15(8-14)18(27)25-13-3-6-17(12(7-13)9-24)30-10-19(21,22)23/h3-8,11,26H,10H2,1-2H3,(H,25,27). The Balaban J connectivity index is 2.27. The van der Waals surface area contributed by atoms with Gasteiger partial charge in [0.05, 0.1) is 21.0 Å². The van der Waals surface area contributed by atoms with Crippen molar-refractivity contribution >= 4 is 33.2 Å². The van der Waals surface area contributed by atoms with E-state index in [0.717, 1.165) is 18.2 Å². The average Bonchev–Trinajstić information content (AvgIpc) is 2.65. The predicted molar refractivity (Wildman–Crippen MR) is 108 cm³/mol. The number of nitrogens with one attached hydrogen (secondary N) is 2. The zero-order chi connectivity index (χ0) is 23.4. The Bertz CT molecular complexity index is 1130. The number of hydrogen-bond acceptors (Lipinski definition) is 5. The molecule has 0 aliphatic rings. The second kappa shape index (κ2) is 9.55. The number of amides is 1. The van der Waals surface area contributed by atoms with Crippen molar-refractivity contribution in [3.63, 3.8) is 0 Å². The van der Waals surface area contributed by atoms with Crippen molar-refractivity contribution in [1.29, 1.82) is 5.26 Å². The minimum absolute atomic E-state index is 0.0216. The van der Waals surface area contributed by atoms with Gasteiger partial charge in [-0.05, 0) is 50.2 Å². The number of carbonyl (C=O) groups excluding carboxylic acids is 1. The van der Waals surface area contributed by atoms with Crippen molar-refractivity contribution in [2.45, 2.75) is 31.0 Å². The molecule has 31 heavy (non-hydrogen) atoms. The second-order valence-electron chi connectivity index (χ2n) is 6.60. The van der Waals surface area contributed by atoms with E-state index >= 15 is 0 Å². The highest BCUT2D eigenvalue weighted by Crippen LogP contribution is 2.26. The summed E-state index contributed by atoms with van der Waals surface area (Å²) in [7, 11) is -3.88. The molecule has 2 N–H and O–H groups in total. The highest BCUT2D eigenvalue weighted by atomic mass is 35.5. The highest BCUT2D eigenvalue weighted by molar-refractivity contribution is 7.89. The van der Waals surface area contributed by atoms with Gasteiger partial charge in [0, 0.05) is 11.7 Å². The zero-order valence-corrected chi connectivity index (χ0v) is 17.8. The molecule has 0 saturated heterocycles. The summed E-state index contributed by atoms with van der Waals surface area (Å²) < 4.78 is 68.6. The Hall–Kier alpha value is -2.81. The van der Waals surface area contributed by atoms with Gasteiger partial charge in [-0.2, -0.15) is 18.4 Å². The van der Waals surface area contributed by atoms with Gasteiger partial charge in [0.2, 0.25) is 10.0 Å². The van der Waals surface area contributed by atoms with E-state index in [1.807, 2.05) is 0 Å². The molecule has 0 spiro atoms. The molecule has 0 saturated carbocycles. The Labute approximate surface area is 181 Å². The number of sulfonamides is 1. The van der Waals surface area contributed by atoms with Gasteiger partial charge in [0.1, 0.15) is 11.8 Å². The van der Waals surface area contributed by atoms with Crippen LogP contribution >= 0.6 is 11.6 Å². The van der Waals surface area contributed by atoms with Gasteiger partial charge in [0.25, 0.3) is 5.91 Å². The van der Waals surface area contributed by atoms with E-state index in [1.165, 1.54) is 18.2 Å². The molecule has 0 aliphatic heterocycles. The second-order valence-corrected chi connectivity index (χ2v) is 8.72. The Morgan fingerprint density at radius 1 is 1.23 bits per heavy atom. The molecule has 2 rings (SSSR count). The third kappa shape index (κ3) is 6.85. The third-order valence-electron chi connectivity index (χ3n) is 3.63. The Morgan fingerprint density at radius 2 is 1.90 bits per heavy atom. The monoisotopic (exact) mass is 475 g/mol. The molecule has 2 aromatic carbocycles. The number of benzene rings is 2. The molecular weight excluding hydrogens is 459 g/mol. The number of halogens is 4. The first kappa shape index (κ1) is 24.5. The summed E-state index contributed by atoms with van der Waals surface area (Å²) in [5.74, 6) is -1.08. The fourth-order valence-electron chi connectivity index (χ4n) is 2.40. The minimum atomic E-state index is -4.58. The maximum atomic E-state index is 12.6. The lowest BCUT2D eigenvalue weighted by Crippen LogP contribution is -2.30. The van der Waals surface area contributed by atoms with Gasteiger partial charge >= 0.3 is 6.18 Å². The van der Waals surface area contributed by atoms with E-state index < -0.39 is 28.7 Å². The van der Waals surface area contributed by atoms with E-state index in [9.17, 15) is 26.4 Å². The van der Waals surface area contributed by atoms with Crippen LogP contribution in [0.5, 0.6) is 5.75 Å². The van der Waals surface area contributed by atoms with Crippen molar-refractivity contribution < 1.29 is 31.1 Å². The van der Waals surface area contributed by atoms with E-state index in [1.54, 1.807) is 19.9 Å². The number of ether oxygens (including phenoxy) is 1. The molecular formula is C19H17ClF3N3O4S. The molecule has 0 fully saturated rings. The normalized spacial score (nSPS) is 11.8. The van der Waals surface area contributed by atoms with Crippen molar-refractivity contribution in [2.75, 3.05) is 11.9 Å². The van der Waals surface area contributed by atoms with Crippen LogP contribution in [0.2, 0.25) is 5.02 Å². The van der Waals surface area contributed by atoms with Crippen LogP contribution in [0.1, 0.15) is 29.8 Å². The fourth-order valence-corrected chi connectivity index (χ4v) is 3.88. The maximum Gasteiger partial charge on any atom is 0.422 e. The first-order valence-electron chi connectivity index (χ1n) is 8.69. The first-order chi connectivity index (χ1) is 14.3. The van der Waals surface area contributed by atoms with Gasteiger partial charge < -0.3 is 10.1 Å². The van der Waals surface area contributed by atoms with E-state index in [-0.39, 0.29) is 38.5 Å². The summed E-state index contributed by atoms with van der Waals surface area (Å²) in [6.45, 7) is 1.70. The number of nitriles is 1. The Morgan fingerprint density at radius 3 is 2.48 bits per heavy atom. The summed E-state index contributed by atoms with van der Waals surface area (Å²) >= 11 is 6.03. The molecule has 0 heterocycles. The van der Waals surface area contributed by atoms with Crippen LogP contribution in [0.4, 0.5) is 18.9 Å². The number of hydrogen-bond donors (Lipinski definition) is 2. The molecule has 7 nitrogen and oxygen atoms in total. The minimum Gasteiger partial charge on any atom is -0.483 e. The van der Waals surface area contributed by atoms with Gasteiger partial charge in [-0.1, -0.05) is 11.6 Å². The van der Waals surface area contributed by atoms with Gasteiger partial charge in [-0.25, -0.2) is 13.1 Å². The van der Waals surface area contributed by atoms with Crippen LogP contribution in [0.3, 0.4) is 0 Å². The van der Waals surface area contributed by atoms with Crippen LogP contribution in [0.25, 0.3) is 0 Å². The number of carbonyl (C=O) groups is 1. The SMILES string of the molecule is CC(C)NS(=O)(=O)c1ccc(Cl)c(C(=O)Nc2ccc(OCC(F)(F)F)c(C#N)c2)c1. The summed E-state index contributed by atoms with van der Waals surface area (Å²) in [5.41, 5.74) is -0.305. The van der Waals surface area contributed by atoms with Gasteiger partial charge in [0.15, 0.2) is 6.61 Å². The smallest absolute Gasteiger partial charge is 0.422 e. The molecule has 12 heteroatoms. The highest BCUT2D eigenvalue weighted by Gasteiger charge is 2.29. The number of alkyl halides is 3. The molecule has 0 aliphatic carbocycles. The zero-order valence-electron chi connectivity index (χ0n) is 16.2. The van der Waals surface area contributed by atoms with Crippen molar-refractivity contribution in [2.24, 2.45) is 0 Å². The van der Waals surface area contributed by atoms with Crippen LogP contribution in [-0.4, -0.2) is 33.1 Å². The third-order valence-corrected chi connectivity index (χ3v) is 5.62. The summed E-state index contributed by atoms with van der Waals surface area (Å²) in [6, 6.07) is 8.36. The van der Waals surface area contributed by atoms with Crippen molar-refractivity contribution in [1.82, 2.24) is 4.72 Å². The van der Waals surface area contributed by atoms with E-state index in [4.69, 9.17) is 16.9 Å². The Kier molecular flexibility index (Phi) is 7.54. The first-order valence-corrected chi connectivity index (χ1v) is 10.6. The lowest BCUT2D eigenvalue weighted by molar-refractivity contribution is -0.153. The van der Waals surface area contributed by atoms with Crippen LogP contribution in [0, 0.1) is 11.3 Å².